The number of hydrazine groups is 1. The van der Waals surface area contributed by atoms with Crippen LogP contribution in [-0.4, -0.2) is 29.1 Å². The van der Waals surface area contributed by atoms with Gasteiger partial charge in [-0.25, -0.2) is 14.6 Å². The molecule has 1 amide bonds. The van der Waals surface area contributed by atoms with Crippen molar-refractivity contribution in [2.24, 2.45) is 5.84 Å². The molecular weight excluding hydrogens is 212 g/mol. The first kappa shape index (κ1) is 13.0. The van der Waals surface area contributed by atoms with E-state index in [1.165, 1.54) is 0 Å². The molecule has 14 heavy (non-hydrogen) atoms. The van der Waals surface area contributed by atoms with Crippen LogP contribution in [0.15, 0.2) is 0 Å². The van der Waals surface area contributed by atoms with Gasteiger partial charge in [-0.15, -0.1) is 5.43 Å². The van der Waals surface area contributed by atoms with E-state index in [0.717, 1.165) is 10.9 Å². The average molecular weight is 221 g/mol. The highest BCUT2D eigenvalue weighted by Crippen LogP contribution is 2.32. The number of carbonyl (C=O) groups is 1. The number of halogens is 4. The molecule has 0 aliphatic carbocycles. The van der Waals surface area contributed by atoms with Crippen LogP contribution >= 0.6 is 0 Å². The standard InChI is InChI=1S/C4H8F4N4O2/c5-1(6)3(7,8)4(14,12-10)2(13)11-9/h1,12,14H,9-10H2,(H,11,13)/p+1/t4-/m1/s1. The second kappa shape index (κ2) is 4.04. The van der Waals surface area contributed by atoms with Crippen molar-refractivity contribution in [3.8, 4) is 0 Å². The summed E-state index contributed by atoms with van der Waals surface area (Å²) < 4.78 is 48.8. The van der Waals surface area contributed by atoms with Gasteiger partial charge in [-0.1, -0.05) is 0 Å². The maximum absolute atomic E-state index is 12.6. The molecular formula is C4H9F4N4O2+. The summed E-state index contributed by atoms with van der Waals surface area (Å²) in [6.07, 6.45) is -4.25. The van der Waals surface area contributed by atoms with Gasteiger partial charge in [0.05, 0.1) is 0 Å². The molecule has 0 saturated heterocycles. The van der Waals surface area contributed by atoms with Crippen molar-refractivity contribution in [1.29, 1.82) is 0 Å². The van der Waals surface area contributed by atoms with Gasteiger partial charge in [0.25, 0.3) is 5.91 Å². The second-order valence-corrected chi connectivity index (χ2v) is 2.28. The number of quaternary nitrogens is 1. The van der Waals surface area contributed by atoms with Crippen LogP contribution in [0.3, 0.4) is 0 Å². The Kier molecular flexibility index (Phi) is 3.76. The first-order chi connectivity index (χ1) is 6.24. The number of carbonyl (C=O) groups excluding carboxylic acids is 1. The van der Waals surface area contributed by atoms with Gasteiger partial charge in [0.1, 0.15) is 0 Å². The minimum atomic E-state index is -5.02. The lowest BCUT2D eigenvalue weighted by Gasteiger charge is -2.30. The van der Waals surface area contributed by atoms with Crippen molar-refractivity contribution in [3.63, 3.8) is 0 Å². The number of nitrogens with one attached hydrogen (secondary N) is 2. The SMILES string of the molecule is NNC(=O)[C@](O)(N[NH3+])C(F)(F)C(F)F. The topological polar surface area (TPSA) is 115 Å². The summed E-state index contributed by atoms with van der Waals surface area (Å²) >= 11 is 0. The summed E-state index contributed by atoms with van der Waals surface area (Å²) in [7, 11) is 0. The summed E-state index contributed by atoms with van der Waals surface area (Å²) in [5.74, 6) is 0.0364. The Hall–Kier alpha value is -0.970. The van der Waals surface area contributed by atoms with E-state index in [2.05, 4.69) is 11.7 Å². The third kappa shape index (κ3) is 1.77. The molecule has 10 heteroatoms. The molecule has 0 bridgehead atoms. The van der Waals surface area contributed by atoms with Crippen LogP contribution < -0.4 is 22.5 Å². The van der Waals surface area contributed by atoms with E-state index in [0.29, 0.717) is 0 Å². The lowest BCUT2D eigenvalue weighted by molar-refractivity contribution is -0.495. The highest BCUT2D eigenvalue weighted by Gasteiger charge is 2.65. The third-order valence-corrected chi connectivity index (χ3v) is 1.47. The molecule has 0 radical (unpaired) electrons. The Morgan fingerprint density at radius 2 is 1.93 bits per heavy atom. The number of rotatable bonds is 4. The van der Waals surface area contributed by atoms with Gasteiger partial charge in [0.15, 0.2) is 0 Å². The molecule has 0 heterocycles. The van der Waals surface area contributed by atoms with Gasteiger partial charge in [0, 0.05) is 0 Å². The smallest absolute Gasteiger partial charge is 0.359 e. The molecule has 0 rings (SSSR count). The molecule has 0 saturated carbocycles. The van der Waals surface area contributed by atoms with E-state index in [1.54, 1.807) is 0 Å². The summed E-state index contributed by atoms with van der Waals surface area (Å²) in [5, 5.41) is 8.89. The van der Waals surface area contributed by atoms with E-state index in [1.807, 2.05) is 0 Å². The maximum Gasteiger partial charge on any atom is 0.362 e. The Morgan fingerprint density at radius 1 is 1.50 bits per heavy atom. The maximum atomic E-state index is 12.6. The van der Waals surface area contributed by atoms with Crippen molar-refractivity contribution in [2.75, 3.05) is 0 Å². The molecule has 1 atom stereocenters. The van der Waals surface area contributed by atoms with Crippen LogP contribution in [0.25, 0.3) is 0 Å². The van der Waals surface area contributed by atoms with Crippen molar-refractivity contribution in [2.45, 2.75) is 18.1 Å². The zero-order valence-electron chi connectivity index (χ0n) is 6.73. The van der Waals surface area contributed by atoms with Gasteiger partial charge in [0.2, 0.25) is 0 Å². The lowest BCUT2D eigenvalue weighted by Crippen LogP contribution is -2.83. The molecule has 8 N–H and O–H groups in total. The highest BCUT2D eigenvalue weighted by atomic mass is 19.3. The minimum Gasteiger partial charge on any atom is -0.359 e. The fourth-order valence-electron chi connectivity index (χ4n) is 0.612. The number of hydrogen-bond donors (Lipinski definition) is 5. The summed E-state index contributed by atoms with van der Waals surface area (Å²) in [4.78, 5) is 10.6. The van der Waals surface area contributed by atoms with E-state index in [-0.39, 0.29) is 0 Å². The summed E-state index contributed by atoms with van der Waals surface area (Å²) in [6, 6.07) is 0. The molecule has 0 fully saturated rings. The van der Waals surface area contributed by atoms with E-state index < -0.39 is 24.0 Å². The molecule has 0 aromatic carbocycles. The normalized spacial score (nSPS) is 16.6. The van der Waals surface area contributed by atoms with Crippen LogP contribution in [0.4, 0.5) is 17.6 Å². The summed E-state index contributed by atoms with van der Waals surface area (Å²) in [6.45, 7) is 0. The minimum absolute atomic E-state index is 1.11. The Morgan fingerprint density at radius 3 is 2.14 bits per heavy atom. The largest absolute Gasteiger partial charge is 0.362 e. The van der Waals surface area contributed by atoms with Crippen molar-refractivity contribution < 1.29 is 33.3 Å². The van der Waals surface area contributed by atoms with Crippen LogP contribution in [0.1, 0.15) is 0 Å². The molecule has 0 unspecified atom stereocenters. The number of nitrogens with two attached hydrogens (primary N) is 1. The van der Waals surface area contributed by atoms with Crippen LogP contribution in [0, 0.1) is 0 Å². The fourth-order valence-corrected chi connectivity index (χ4v) is 0.612. The molecule has 0 aliphatic heterocycles. The Balaban J connectivity index is 5.13. The Bertz CT molecular complexity index is 225. The molecule has 0 aromatic heterocycles. The van der Waals surface area contributed by atoms with Gasteiger partial charge < -0.3 is 5.11 Å². The highest BCUT2D eigenvalue weighted by molar-refractivity contribution is 5.85. The zero-order chi connectivity index (χ0) is 11.6. The van der Waals surface area contributed by atoms with Gasteiger partial charge in [-0.3, -0.25) is 16.1 Å². The van der Waals surface area contributed by atoms with Gasteiger partial charge in [-0.05, 0) is 0 Å². The predicted octanol–water partition coefficient (Wildman–Crippen LogP) is -2.69. The first-order valence-electron chi connectivity index (χ1n) is 3.17. The second-order valence-electron chi connectivity index (χ2n) is 2.28. The predicted molar refractivity (Wildman–Crippen MR) is 34.3 cm³/mol. The van der Waals surface area contributed by atoms with E-state index >= 15 is 0 Å². The third-order valence-electron chi connectivity index (χ3n) is 1.47. The average Bonchev–Trinajstić information content (AvgIpc) is 2.14. The number of amides is 1. The number of aliphatic hydroxyl groups is 1. The summed E-state index contributed by atoms with van der Waals surface area (Å²) in [5.41, 5.74) is -1.60. The van der Waals surface area contributed by atoms with Crippen LogP contribution in [0.2, 0.25) is 0 Å². The lowest BCUT2D eigenvalue weighted by atomic mass is 10.1. The van der Waals surface area contributed by atoms with Gasteiger partial charge >= 0.3 is 18.1 Å². The van der Waals surface area contributed by atoms with E-state index in [9.17, 15) is 22.4 Å². The quantitative estimate of drug-likeness (QED) is 0.117. The van der Waals surface area contributed by atoms with Gasteiger partial charge in [-0.2, -0.15) is 8.78 Å². The van der Waals surface area contributed by atoms with Crippen molar-refractivity contribution in [3.05, 3.63) is 0 Å². The Labute approximate surface area is 75.2 Å². The zero-order valence-corrected chi connectivity index (χ0v) is 6.73. The van der Waals surface area contributed by atoms with Crippen molar-refractivity contribution in [1.82, 2.24) is 10.9 Å². The molecule has 0 spiro atoms. The van der Waals surface area contributed by atoms with Crippen LogP contribution in [0.5, 0.6) is 0 Å². The monoisotopic (exact) mass is 221 g/mol. The van der Waals surface area contributed by atoms with Crippen molar-refractivity contribution >= 4 is 5.91 Å². The number of alkyl halides is 4. The number of hydrogen-bond acceptors (Lipinski definition) is 4. The molecule has 0 aliphatic rings. The molecule has 0 aromatic rings. The molecule has 84 valence electrons. The molecule has 6 nitrogen and oxygen atoms in total. The van der Waals surface area contributed by atoms with E-state index in [4.69, 9.17) is 5.11 Å². The fraction of sp³-hybridized carbons (Fsp3) is 0.750. The first-order valence-corrected chi connectivity index (χ1v) is 3.17. The van der Waals surface area contributed by atoms with Crippen LogP contribution in [-0.2, 0) is 4.79 Å².